The molecule has 0 atom stereocenters. The van der Waals surface area contributed by atoms with E-state index in [1.54, 1.807) is 0 Å². The highest BCUT2D eigenvalue weighted by Gasteiger charge is 2.32. The zero-order valence-electron chi connectivity index (χ0n) is 17.0. The number of benzene rings is 1. The van der Waals surface area contributed by atoms with Gasteiger partial charge in [-0.3, -0.25) is 9.59 Å². The summed E-state index contributed by atoms with van der Waals surface area (Å²) in [6.07, 6.45) is 5.31. The van der Waals surface area contributed by atoms with E-state index in [9.17, 15) is 9.59 Å². The summed E-state index contributed by atoms with van der Waals surface area (Å²) in [5, 5.41) is 3.06. The molecule has 1 aromatic rings. The van der Waals surface area contributed by atoms with Crippen molar-refractivity contribution in [2.24, 2.45) is 11.3 Å². The molecular weight excluding hydrogens is 338 g/mol. The summed E-state index contributed by atoms with van der Waals surface area (Å²) < 4.78 is 0. The number of likely N-dealkylation sites (tertiary alicyclic amines) is 1. The van der Waals surface area contributed by atoms with Crippen molar-refractivity contribution in [3.63, 3.8) is 0 Å². The molecule has 3 rings (SSSR count). The molecule has 0 saturated carbocycles. The van der Waals surface area contributed by atoms with Crippen molar-refractivity contribution in [1.29, 1.82) is 0 Å². The van der Waals surface area contributed by atoms with Crippen molar-refractivity contribution < 1.29 is 9.59 Å². The van der Waals surface area contributed by atoms with Crippen molar-refractivity contribution >= 4 is 23.2 Å². The second kappa shape index (κ2) is 8.32. The van der Waals surface area contributed by atoms with E-state index < -0.39 is 0 Å². The Morgan fingerprint density at radius 3 is 2.07 bits per heavy atom. The summed E-state index contributed by atoms with van der Waals surface area (Å²) in [6.45, 7) is 9.42. The van der Waals surface area contributed by atoms with Gasteiger partial charge < -0.3 is 15.1 Å². The second-order valence-corrected chi connectivity index (χ2v) is 8.90. The Kier molecular flexibility index (Phi) is 6.08. The minimum absolute atomic E-state index is 0.0178. The molecule has 0 aliphatic carbocycles. The summed E-state index contributed by atoms with van der Waals surface area (Å²) >= 11 is 0. The Labute approximate surface area is 163 Å². The fourth-order valence-corrected chi connectivity index (χ4v) is 3.97. The van der Waals surface area contributed by atoms with Crippen LogP contribution in [0.25, 0.3) is 0 Å². The number of carbonyl (C=O) groups excluding carboxylic acids is 2. The molecule has 2 heterocycles. The first-order chi connectivity index (χ1) is 12.8. The van der Waals surface area contributed by atoms with E-state index in [1.807, 2.05) is 37.8 Å². The Morgan fingerprint density at radius 1 is 0.926 bits per heavy atom. The van der Waals surface area contributed by atoms with Crippen LogP contribution in [-0.2, 0) is 9.59 Å². The molecule has 0 unspecified atom stereocenters. The maximum absolute atomic E-state index is 12.6. The van der Waals surface area contributed by atoms with Gasteiger partial charge in [-0.2, -0.15) is 0 Å². The Bertz CT molecular complexity index is 649. The van der Waals surface area contributed by atoms with Crippen LogP contribution in [0, 0.1) is 11.3 Å². The van der Waals surface area contributed by atoms with E-state index in [1.165, 1.54) is 24.9 Å². The van der Waals surface area contributed by atoms with Crippen molar-refractivity contribution in [3.05, 3.63) is 24.3 Å². The second-order valence-electron chi connectivity index (χ2n) is 8.90. The molecule has 5 nitrogen and oxygen atoms in total. The monoisotopic (exact) mass is 371 g/mol. The molecule has 2 aliphatic heterocycles. The molecule has 148 valence electrons. The van der Waals surface area contributed by atoms with Crippen LogP contribution in [0.15, 0.2) is 24.3 Å². The molecule has 5 heteroatoms. The van der Waals surface area contributed by atoms with Crippen LogP contribution in [0.5, 0.6) is 0 Å². The summed E-state index contributed by atoms with van der Waals surface area (Å²) in [5.41, 5.74) is 1.74. The van der Waals surface area contributed by atoms with E-state index >= 15 is 0 Å². The maximum atomic E-state index is 12.6. The molecule has 2 aliphatic rings. The van der Waals surface area contributed by atoms with Gasteiger partial charge in [0.05, 0.1) is 0 Å². The van der Waals surface area contributed by atoms with Crippen LogP contribution in [0.2, 0.25) is 0 Å². The molecular formula is C22H33N3O2. The lowest BCUT2D eigenvalue weighted by Gasteiger charge is -2.35. The lowest BCUT2D eigenvalue weighted by molar-refractivity contribution is -0.142. The number of hydrogen-bond acceptors (Lipinski definition) is 3. The normalized spacial score (nSPS) is 19.1. The molecule has 0 aromatic heterocycles. The van der Waals surface area contributed by atoms with Crippen molar-refractivity contribution in [2.45, 2.75) is 52.9 Å². The lowest BCUT2D eigenvalue weighted by atomic mass is 9.90. The number of nitrogens with one attached hydrogen (secondary N) is 1. The number of anilines is 2. The van der Waals surface area contributed by atoms with Crippen LogP contribution >= 0.6 is 0 Å². The number of nitrogens with zero attached hydrogens (tertiary/aromatic N) is 2. The Morgan fingerprint density at radius 2 is 1.52 bits per heavy atom. The molecule has 0 spiro atoms. The average Bonchev–Trinajstić information content (AvgIpc) is 2.68. The van der Waals surface area contributed by atoms with Gasteiger partial charge in [0.1, 0.15) is 0 Å². The van der Waals surface area contributed by atoms with Crippen LogP contribution in [-0.4, -0.2) is 42.9 Å². The Balaban J connectivity index is 1.50. The van der Waals surface area contributed by atoms with E-state index in [2.05, 4.69) is 22.3 Å². The molecule has 27 heavy (non-hydrogen) atoms. The topological polar surface area (TPSA) is 52.7 Å². The van der Waals surface area contributed by atoms with Crippen LogP contribution in [0.4, 0.5) is 11.4 Å². The van der Waals surface area contributed by atoms with Gasteiger partial charge in [0.25, 0.3) is 0 Å². The Hall–Kier alpha value is -2.04. The summed E-state index contributed by atoms with van der Waals surface area (Å²) in [4.78, 5) is 29.3. The van der Waals surface area contributed by atoms with Gasteiger partial charge in [-0.1, -0.05) is 20.8 Å². The maximum Gasteiger partial charge on any atom is 0.227 e. The molecule has 1 aromatic carbocycles. The van der Waals surface area contributed by atoms with Gasteiger partial charge in [-0.15, -0.1) is 0 Å². The SMILES string of the molecule is CC(C)(C)C(=O)N1CCC(C(=O)Nc2ccc(N3CCCCC3)cc2)CC1. The largest absolute Gasteiger partial charge is 0.372 e. The van der Waals surface area contributed by atoms with Crippen molar-refractivity contribution in [1.82, 2.24) is 4.90 Å². The molecule has 2 saturated heterocycles. The van der Waals surface area contributed by atoms with Crippen LogP contribution in [0.1, 0.15) is 52.9 Å². The molecule has 0 bridgehead atoms. The number of carbonyl (C=O) groups is 2. The predicted molar refractivity (Wildman–Crippen MR) is 110 cm³/mol. The average molecular weight is 372 g/mol. The zero-order valence-corrected chi connectivity index (χ0v) is 17.0. The van der Waals surface area contributed by atoms with Gasteiger partial charge in [0, 0.05) is 48.9 Å². The van der Waals surface area contributed by atoms with Gasteiger partial charge in [-0.05, 0) is 56.4 Å². The number of amides is 2. The summed E-state index contributed by atoms with van der Waals surface area (Å²) in [6, 6.07) is 8.21. The van der Waals surface area contributed by atoms with Gasteiger partial charge in [0.15, 0.2) is 0 Å². The van der Waals surface area contributed by atoms with Crippen molar-refractivity contribution in [3.8, 4) is 0 Å². The fourth-order valence-electron chi connectivity index (χ4n) is 3.97. The lowest BCUT2D eigenvalue weighted by Crippen LogP contribution is -2.45. The summed E-state index contributed by atoms with van der Waals surface area (Å²) in [7, 11) is 0. The van der Waals surface area contributed by atoms with Crippen LogP contribution in [0.3, 0.4) is 0 Å². The van der Waals surface area contributed by atoms with Gasteiger partial charge in [-0.25, -0.2) is 0 Å². The number of hydrogen-bond donors (Lipinski definition) is 1. The van der Waals surface area contributed by atoms with E-state index in [4.69, 9.17) is 0 Å². The fraction of sp³-hybridized carbons (Fsp3) is 0.636. The van der Waals surface area contributed by atoms with Crippen molar-refractivity contribution in [2.75, 3.05) is 36.4 Å². The highest BCUT2D eigenvalue weighted by molar-refractivity contribution is 5.93. The first-order valence-electron chi connectivity index (χ1n) is 10.3. The minimum Gasteiger partial charge on any atom is -0.372 e. The smallest absolute Gasteiger partial charge is 0.227 e. The first-order valence-corrected chi connectivity index (χ1v) is 10.3. The van der Waals surface area contributed by atoms with Gasteiger partial charge in [0.2, 0.25) is 11.8 Å². The quantitative estimate of drug-likeness (QED) is 0.877. The van der Waals surface area contributed by atoms with Gasteiger partial charge >= 0.3 is 0 Å². The van der Waals surface area contributed by atoms with E-state index in [-0.39, 0.29) is 23.1 Å². The third-order valence-corrected chi connectivity index (χ3v) is 5.65. The third-order valence-electron chi connectivity index (χ3n) is 5.65. The standard InChI is InChI=1S/C22H33N3O2/c1-22(2,3)21(27)25-15-11-17(12-16-25)20(26)23-18-7-9-19(10-8-18)24-13-5-4-6-14-24/h7-10,17H,4-6,11-16H2,1-3H3,(H,23,26). The molecule has 2 amide bonds. The number of piperidine rings is 2. The first kappa shape index (κ1) is 19.7. The molecule has 2 fully saturated rings. The highest BCUT2D eigenvalue weighted by Crippen LogP contribution is 2.26. The highest BCUT2D eigenvalue weighted by atomic mass is 16.2. The molecule has 1 N–H and O–H groups in total. The summed E-state index contributed by atoms with van der Waals surface area (Å²) in [5.74, 6) is 0.231. The zero-order chi connectivity index (χ0) is 19.4. The molecule has 0 radical (unpaired) electrons. The third kappa shape index (κ3) is 5.02. The van der Waals surface area contributed by atoms with E-state index in [0.29, 0.717) is 13.1 Å². The van der Waals surface area contributed by atoms with E-state index in [0.717, 1.165) is 31.6 Å². The number of rotatable bonds is 3. The minimum atomic E-state index is -0.356. The van der Waals surface area contributed by atoms with Crippen LogP contribution < -0.4 is 10.2 Å². The predicted octanol–water partition coefficient (Wildman–Crippen LogP) is 3.90.